The summed E-state index contributed by atoms with van der Waals surface area (Å²) in [5, 5.41) is 11.4. The van der Waals surface area contributed by atoms with Crippen LogP contribution in [0.5, 0.6) is 0 Å². The molecular formula is C16H14FN3O3S. The van der Waals surface area contributed by atoms with Gasteiger partial charge in [0.2, 0.25) is 15.9 Å². The van der Waals surface area contributed by atoms with Crippen molar-refractivity contribution in [1.29, 1.82) is 5.26 Å². The lowest BCUT2D eigenvalue weighted by molar-refractivity contribution is -0.114. The van der Waals surface area contributed by atoms with Crippen molar-refractivity contribution in [2.45, 2.75) is 0 Å². The van der Waals surface area contributed by atoms with Crippen molar-refractivity contribution in [1.82, 2.24) is 0 Å². The van der Waals surface area contributed by atoms with Crippen LogP contribution in [0.2, 0.25) is 0 Å². The molecule has 0 unspecified atom stereocenters. The maximum Gasteiger partial charge on any atom is 0.245 e. The molecule has 2 rings (SSSR count). The minimum absolute atomic E-state index is 0.200. The fourth-order valence-corrected chi connectivity index (χ4v) is 2.88. The van der Waals surface area contributed by atoms with E-state index in [1.54, 1.807) is 0 Å². The second kappa shape index (κ2) is 7.10. The number of nitrogens with zero attached hydrogens (tertiary/aromatic N) is 2. The molecule has 0 aliphatic rings. The number of sulfonamides is 1. The van der Waals surface area contributed by atoms with Crippen LogP contribution in [0.4, 0.5) is 15.8 Å². The first kappa shape index (κ1) is 17.4. The highest BCUT2D eigenvalue weighted by Crippen LogP contribution is 2.19. The molecule has 6 nitrogen and oxygen atoms in total. The highest BCUT2D eigenvalue weighted by molar-refractivity contribution is 7.92. The fourth-order valence-electron chi connectivity index (χ4n) is 2.03. The number of benzene rings is 2. The molecule has 1 N–H and O–H groups in total. The lowest BCUT2D eigenvalue weighted by Gasteiger charge is -2.22. The van der Waals surface area contributed by atoms with Crippen LogP contribution in [-0.4, -0.2) is 27.1 Å². The van der Waals surface area contributed by atoms with E-state index in [4.69, 9.17) is 5.26 Å². The van der Waals surface area contributed by atoms with Gasteiger partial charge in [0, 0.05) is 5.69 Å². The van der Waals surface area contributed by atoms with Crippen molar-refractivity contribution >= 4 is 27.3 Å². The predicted molar refractivity (Wildman–Crippen MR) is 88.4 cm³/mol. The molecule has 0 aliphatic heterocycles. The number of nitrogens with one attached hydrogen (secondary N) is 1. The van der Waals surface area contributed by atoms with Crippen LogP contribution in [0, 0.1) is 17.1 Å². The molecule has 0 saturated heterocycles. The third-order valence-corrected chi connectivity index (χ3v) is 4.20. The van der Waals surface area contributed by atoms with E-state index < -0.39 is 28.3 Å². The number of nitriles is 1. The van der Waals surface area contributed by atoms with Crippen molar-refractivity contribution in [3.8, 4) is 6.07 Å². The van der Waals surface area contributed by atoms with Gasteiger partial charge in [-0.05, 0) is 36.4 Å². The van der Waals surface area contributed by atoms with E-state index in [-0.39, 0.29) is 16.9 Å². The molecule has 0 spiro atoms. The zero-order valence-corrected chi connectivity index (χ0v) is 13.5. The Labute approximate surface area is 139 Å². The second-order valence-electron chi connectivity index (χ2n) is 4.99. The summed E-state index contributed by atoms with van der Waals surface area (Å²) in [6.07, 6.45) is 0.960. The summed E-state index contributed by atoms with van der Waals surface area (Å²) < 4.78 is 38.0. The number of hydrogen-bond donors (Lipinski definition) is 1. The van der Waals surface area contributed by atoms with Gasteiger partial charge in [-0.3, -0.25) is 9.10 Å². The number of carbonyl (C=O) groups excluding carboxylic acids is 1. The van der Waals surface area contributed by atoms with Gasteiger partial charge in [0.1, 0.15) is 12.4 Å². The van der Waals surface area contributed by atoms with Crippen LogP contribution >= 0.6 is 0 Å². The van der Waals surface area contributed by atoms with Crippen LogP contribution in [0.25, 0.3) is 0 Å². The van der Waals surface area contributed by atoms with Crippen LogP contribution in [-0.2, 0) is 14.8 Å². The molecule has 2 aromatic carbocycles. The van der Waals surface area contributed by atoms with E-state index >= 15 is 0 Å². The van der Waals surface area contributed by atoms with Gasteiger partial charge in [-0.2, -0.15) is 5.26 Å². The van der Waals surface area contributed by atoms with Gasteiger partial charge in [-0.1, -0.05) is 12.1 Å². The zero-order chi connectivity index (χ0) is 17.7. The molecule has 0 heterocycles. The Morgan fingerprint density at radius 3 is 2.58 bits per heavy atom. The first-order valence-electron chi connectivity index (χ1n) is 6.83. The van der Waals surface area contributed by atoms with Crippen LogP contribution in [0.3, 0.4) is 0 Å². The van der Waals surface area contributed by atoms with Crippen molar-refractivity contribution in [2.24, 2.45) is 0 Å². The Kier molecular flexibility index (Phi) is 5.16. The normalized spacial score (nSPS) is 10.7. The number of anilines is 2. The van der Waals surface area contributed by atoms with Crippen LogP contribution in [0.15, 0.2) is 48.5 Å². The minimum Gasteiger partial charge on any atom is -0.324 e. The molecule has 0 fully saturated rings. The van der Waals surface area contributed by atoms with Gasteiger partial charge in [-0.15, -0.1) is 0 Å². The molecule has 124 valence electrons. The molecule has 1 amide bonds. The highest BCUT2D eigenvalue weighted by atomic mass is 32.2. The van der Waals surface area contributed by atoms with Crippen LogP contribution in [0.1, 0.15) is 5.56 Å². The molecule has 0 bridgehead atoms. The third-order valence-electron chi connectivity index (χ3n) is 3.06. The first-order chi connectivity index (χ1) is 11.3. The smallest absolute Gasteiger partial charge is 0.245 e. The van der Waals surface area contributed by atoms with Gasteiger partial charge in [0.15, 0.2) is 0 Å². The average Bonchev–Trinajstić information content (AvgIpc) is 2.51. The minimum atomic E-state index is -3.75. The topological polar surface area (TPSA) is 90.3 Å². The van der Waals surface area contributed by atoms with E-state index in [1.807, 2.05) is 6.07 Å². The quantitative estimate of drug-likeness (QED) is 0.897. The summed E-state index contributed by atoms with van der Waals surface area (Å²) in [5.74, 6) is -1.15. The lowest BCUT2D eigenvalue weighted by Crippen LogP contribution is -2.37. The Bertz CT molecular complexity index is 907. The maximum atomic E-state index is 13.1. The van der Waals surface area contributed by atoms with E-state index in [2.05, 4.69) is 5.32 Å². The Balaban J connectivity index is 2.23. The van der Waals surface area contributed by atoms with E-state index in [0.717, 1.165) is 16.6 Å². The van der Waals surface area contributed by atoms with Crippen LogP contribution < -0.4 is 9.62 Å². The van der Waals surface area contributed by atoms with E-state index in [9.17, 15) is 17.6 Å². The van der Waals surface area contributed by atoms with Gasteiger partial charge >= 0.3 is 0 Å². The van der Waals surface area contributed by atoms with Crippen molar-refractivity contribution in [3.63, 3.8) is 0 Å². The number of amides is 1. The fraction of sp³-hybridized carbons (Fsp3) is 0.125. The summed E-state index contributed by atoms with van der Waals surface area (Å²) in [6, 6.07) is 13.1. The molecule has 0 saturated carbocycles. The monoisotopic (exact) mass is 347 g/mol. The zero-order valence-electron chi connectivity index (χ0n) is 12.7. The summed E-state index contributed by atoms with van der Waals surface area (Å²) in [7, 11) is -3.75. The molecule has 0 atom stereocenters. The van der Waals surface area contributed by atoms with Crippen molar-refractivity contribution in [2.75, 3.05) is 22.4 Å². The Morgan fingerprint density at radius 1 is 1.25 bits per heavy atom. The molecule has 0 aliphatic carbocycles. The summed E-state index contributed by atoms with van der Waals surface area (Å²) in [6.45, 7) is -0.496. The van der Waals surface area contributed by atoms with E-state index in [1.165, 1.54) is 42.5 Å². The number of carbonyl (C=O) groups is 1. The molecule has 2 aromatic rings. The summed E-state index contributed by atoms with van der Waals surface area (Å²) >= 11 is 0. The van der Waals surface area contributed by atoms with Gasteiger partial charge < -0.3 is 5.32 Å². The third kappa shape index (κ3) is 4.54. The standard InChI is InChI=1S/C16H14FN3O3S/c1-24(22,23)20(15-7-2-4-12(8-15)10-18)11-16(21)19-14-6-3-5-13(17)9-14/h2-9H,11H2,1H3,(H,19,21). The number of hydrogen-bond acceptors (Lipinski definition) is 4. The Hall–Kier alpha value is -2.92. The highest BCUT2D eigenvalue weighted by Gasteiger charge is 2.21. The van der Waals surface area contributed by atoms with Crippen molar-refractivity contribution in [3.05, 3.63) is 59.9 Å². The molecule has 0 aromatic heterocycles. The van der Waals surface area contributed by atoms with Gasteiger partial charge in [0.05, 0.1) is 23.6 Å². The average molecular weight is 347 g/mol. The molecule has 8 heteroatoms. The summed E-state index contributed by atoms with van der Waals surface area (Å²) in [4.78, 5) is 12.1. The number of halogens is 1. The van der Waals surface area contributed by atoms with Gasteiger partial charge in [-0.25, -0.2) is 12.8 Å². The molecule has 24 heavy (non-hydrogen) atoms. The van der Waals surface area contributed by atoms with Gasteiger partial charge in [0.25, 0.3) is 0 Å². The largest absolute Gasteiger partial charge is 0.324 e. The Morgan fingerprint density at radius 2 is 1.96 bits per heavy atom. The number of rotatable bonds is 5. The second-order valence-corrected chi connectivity index (χ2v) is 6.90. The lowest BCUT2D eigenvalue weighted by atomic mass is 10.2. The molecular weight excluding hydrogens is 333 g/mol. The maximum absolute atomic E-state index is 13.1. The SMILES string of the molecule is CS(=O)(=O)N(CC(=O)Nc1cccc(F)c1)c1cccc(C#N)c1. The summed E-state index contributed by atoms with van der Waals surface area (Å²) in [5.41, 5.74) is 0.692. The predicted octanol–water partition coefficient (Wildman–Crippen LogP) is 2.10. The van der Waals surface area contributed by atoms with Crippen molar-refractivity contribution < 1.29 is 17.6 Å². The molecule has 0 radical (unpaired) electrons. The van der Waals surface area contributed by atoms with E-state index in [0.29, 0.717) is 0 Å². The first-order valence-corrected chi connectivity index (χ1v) is 8.68.